The summed E-state index contributed by atoms with van der Waals surface area (Å²) < 4.78 is 5.51. The van der Waals surface area contributed by atoms with Gasteiger partial charge in [0.25, 0.3) is 5.91 Å². The van der Waals surface area contributed by atoms with Gasteiger partial charge in [0.2, 0.25) is 0 Å². The van der Waals surface area contributed by atoms with Crippen LogP contribution in [0.1, 0.15) is 10.4 Å². The quantitative estimate of drug-likeness (QED) is 0.904. The van der Waals surface area contributed by atoms with Crippen molar-refractivity contribution in [3.8, 4) is 11.5 Å². The Hall–Kier alpha value is -2.15. The molecule has 0 spiro atoms. The molecule has 0 unspecified atom stereocenters. The second kappa shape index (κ2) is 5.66. The Bertz CT molecular complexity index is 602. The molecule has 0 aliphatic rings. The molecule has 1 amide bonds. The van der Waals surface area contributed by atoms with Gasteiger partial charge in [-0.15, -0.1) is 0 Å². The van der Waals surface area contributed by atoms with Crippen molar-refractivity contribution in [3.63, 3.8) is 0 Å². The zero-order valence-corrected chi connectivity index (χ0v) is 11.5. The average Bonchev–Trinajstić information content (AvgIpc) is 2.41. The van der Waals surface area contributed by atoms with Crippen molar-refractivity contribution < 1.29 is 14.6 Å². The predicted molar refractivity (Wildman–Crippen MR) is 72.3 cm³/mol. The number of hydrogen-bond donors (Lipinski definition) is 2. The molecule has 6 nitrogen and oxygen atoms in total. The zero-order chi connectivity index (χ0) is 13.8. The van der Waals surface area contributed by atoms with E-state index in [0.29, 0.717) is 16.2 Å². The van der Waals surface area contributed by atoms with E-state index in [9.17, 15) is 9.90 Å². The van der Waals surface area contributed by atoms with Crippen LogP contribution in [0.2, 0.25) is 0 Å². The van der Waals surface area contributed by atoms with Crippen LogP contribution in [0.25, 0.3) is 0 Å². The largest absolute Gasteiger partial charge is 0.507 e. The van der Waals surface area contributed by atoms with E-state index >= 15 is 0 Å². The summed E-state index contributed by atoms with van der Waals surface area (Å²) in [5.41, 5.74) is 0.130. The number of carbonyl (C=O) groups is 1. The lowest BCUT2D eigenvalue weighted by atomic mass is 10.2. The summed E-state index contributed by atoms with van der Waals surface area (Å²) in [4.78, 5) is 19.8. The Morgan fingerprint density at radius 1 is 1.37 bits per heavy atom. The Morgan fingerprint density at radius 3 is 2.74 bits per heavy atom. The Balaban J connectivity index is 2.18. The lowest BCUT2D eigenvalue weighted by Gasteiger charge is -2.07. The van der Waals surface area contributed by atoms with Crippen molar-refractivity contribution in [2.75, 3.05) is 12.4 Å². The number of halogens is 1. The number of phenolic OH excluding ortho intramolecular Hbond substituents is 1. The van der Waals surface area contributed by atoms with Gasteiger partial charge < -0.3 is 15.2 Å². The monoisotopic (exact) mass is 323 g/mol. The number of nitrogens with zero attached hydrogens (tertiary/aromatic N) is 2. The molecule has 7 heteroatoms. The van der Waals surface area contributed by atoms with Gasteiger partial charge in [0.15, 0.2) is 5.82 Å². The van der Waals surface area contributed by atoms with Crippen molar-refractivity contribution in [2.24, 2.45) is 0 Å². The van der Waals surface area contributed by atoms with Crippen LogP contribution in [0.15, 0.2) is 35.2 Å². The minimum Gasteiger partial charge on any atom is -0.507 e. The number of benzene rings is 1. The number of rotatable bonds is 3. The predicted octanol–water partition coefficient (Wildman–Crippen LogP) is 2.21. The molecule has 0 atom stereocenters. The summed E-state index contributed by atoms with van der Waals surface area (Å²) in [6.07, 6.45) is 2.87. The second-order valence-electron chi connectivity index (χ2n) is 3.56. The van der Waals surface area contributed by atoms with E-state index in [0.717, 1.165) is 0 Å². The van der Waals surface area contributed by atoms with E-state index in [-0.39, 0.29) is 11.3 Å². The van der Waals surface area contributed by atoms with E-state index in [1.807, 2.05) is 0 Å². The van der Waals surface area contributed by atoms with Crippen molar-refractivity contribution in [1.82, 2.24) is 9.97 Å². The number of nitrogens with one attached hydrogen (secondary N) is 1. The van der Waals surface area contributed by atoms with Crippen molar-refractivity contribution >= 4 is 27.7 Å². The molecule has 0 saturated heterocycles. The SMILES string of the molecule is COc1ccc(C(=O)Nc2cnc(Br)cn2)c(O)c1. The molecule has 19 heavy (non-hydrogen) atoms. The highest BCUT2D eigenvalue weighted by atomic mass is 79.9. The third-order valence-corrected chi connectivity index (χ3v) is 2.72. The highest BCUT2D eigenvalue weighted by molar-refractivity contribution is 9.10. The summed E-state index contributed by atoms with van der Waals surface area (Å²) >= 11 is 3.14. The van der Waals surface area contributed by atoms with E-state index in [2.05, 4.69) is 31.2 Å². The van der Waals surface area contributed by atoms with Gasteiger partial charge in [-0.1, -0.05) is 0 Å². The highest BCUT2D eigenvalue weighted by Crippen LogP contribution is 2.24. The van der Waals surface area contributed by atoms with E-state index in [1.54, 1.807) is 6.07 Å². The summed E-state index contributed by atoms with van der Waals surface area (Å²) in [7, 11) is 1.48. The minimum atomic E-state index is -0.475. The van der Waals surface area contributed by atoms with Crippen LogP contribution in [0, 0.1) is 0 Å². The van der Waals surface area contributed by atoms with E-state index in [4.69, 9.17) is 4.74 Å². The fourth-order valence-electron chi connectivity index (χ4n) is 1.39. The first-order valence-corrected chi connectivity index (χ1v) is 6.05. The average molecular weight is 324 g/mol. The third-order valence-electron chi connectivity index (χ3n) is 2.31. The highest BCUT2D eigenvalue weighted by Gasteiger charge is 2.12. The van der Waals surface area contributed by atoms with E-state index < -0.39 is 5.91 Å². The molecule has 1 heterocycles. The molecule has 0 bridgehead atoms. The van der Waals surface area contributed by atoms with Crippen LogP contribution in [-0.4, -0.2) is 28.1 Å². The molecule has 2 N–H and O–H groups in total. The maximum absolute atomic E-state index is 11.9. The number of ether oxygens (including phenoxy) is 1. The molecule has 1 aromatic heterocycles. The number of amides is 1. The first-order valence-electron chi connectivity index (χ1n) is 5.26. The molecule has 98 valence electrons. The van der Waals surface area contributed by atoms with Gasteiger partial charge in [-0.3, -0.25) is 4.79 Å². The minimum absolute atomic E-state index is 0.130. The number of methoxy groups -OCH3 is 1. The number of anilines is 1. The standard InChI is InChI=1S/C12H10BrN3O3/c1-19-7-2-3-8(9(17)4-7)12(18)16-11-6-14-10(13)5-15-11/h2-6,17H,1H3,(H,15,16,18). The number of aromatic nitrogens is 2. The Labute approximate surface area is 117 Å². The van der Waals surface area contributed by atoms with Gasteiger partial charge in [-0.25, -0.2) is 9.97 Å². The van der Waals surface area contributed by atoms with Crippen LogP contribution < -0.4 is 10.1 Å². The van der Waals surface area contributed by atoms with Gasteiger partial charge >= 0.3 is 0 Å². The summed E-state index contributed by atoms with van der Waals surface area (Å²) in [5, 5.41) is 12.3. The lowest BCUT2D eigenvalue weighted by molar-refractivity contribution is 0.102. The first-order chi connectivity index (χ1) is 9.10. The molecule has 0 aliphatic carbocycles. The zero-order valence-electron chi connectivity index (χ0n) is 9.92. The third kappa shape index (κ3) is 3.19. The number of hydrogen-bond acceptors (Lipinski definition) is 5. The van der Waals surface area contributed by atoms with Crippen molar-refractivity contribution in [1.29, 1.82) is 0 Å². The summed E-state index contributed by atoms with van der Waals surface area (Å²) in [6, 6.07) is 4.42. The second-order valence-corrected chi connectivity index (χ2v) is 4.37. The molecule has 2 rings (SSSR count). The maximum Gasteiger partial charge on any atom is 0.260 e. The number of phenols is 1. The van der Waals surface area contributed by atoms with Crippen molar-refractivity contribution in [3.05, 3.63) is 40.8 Å². The van der Waals surface area contributed by atoms with Crippen LogP contribution in [-0.2, 0) is 0 Å². The molecule has 0 radical (unpaired) electrons. The fourth-order valence-corrected chi connectivity index (χ4v) is 1.60. The molecular weight excluding hydrogens is 314 g/mol. The first kappa shape index (κ1) is 13.3. The van der Waals surface area contributed by atoms with Crippen LogP contribution in [0.3, 0.4) is 0 Å². The van der Waals surface area contributed by atoms with Gasteiger partial charge in [0.1, 0.15) is 16.1 Å². The van der Waals surface area contributed by atoms with Gasteiger partial charge in [0.05, 0.1) is 25.1 Å². The molecule has 0 aliphatic heterocycles. The summed E-state index contributed by atoms with van der Waals surface area (Å²) in [6.45, 7) is 0. The Morgan fingerprint density at radius 2 is 2.16 bits per heavy atom. The van der Waals surface area contributed by atoms with Crippen LogP contribution >= 0.6 is 15.9 Å². The molecular formula is C12H10BrN3O3. The van der Waals surface area contributed by atoms with Crippen molar-refractivity contribution in [2.45, 2.75) is 0 Å². The fraction of sp³-hybridized carbons (Fsp3) is 0.0833. The van der Waals surface area contributed by atoms with Gasteiger partial charge in [-0.05, 0) is 28.1 Å². The van der Waals surface area contributed by atoms with Crippen LogP contribution in [0.4, 0.5) is 5.82 Å². The number of carbonyl (C=O) groups excluding carboxylic acids is 1. The molecule has 0 saturated carbocycles. The number of aromatic hydroxyl groups is 1. The normalized spacial score (nSPS) is 10.0. The maximum atomic E-state index is 11.9. The molecule has 0 fully saturated rings. The van der Waals surface area contributed by atoms with Gasteiger partial charge in [0, 0.05) is 6.07 Å². The Kier molecular flexibility index (Phi) is 3.96. The smallest absolute Gasteiger partial charge is 0.260 e. The van der Waals surface area contributed by atoms with E-state index in [1.165, 1.54) is 31.6 Å². The lowest BCUT2D eigenvalue weighted by Crippen LogP contribution is -2.13. The molecule has 2 aromatic rings. The van der Waals surface area contributed by atoms with Crippen LogP contribution in [0.5, 0.6) is 11.5 Å². The molecule has 1 aromatic carbocycles. The topological polar surface area (TPSA) is 84.3 Å². The van der Waals surface area contributed by atoms with Gasteiger partial charge in [-0.2, -0.15) is 0 Å². The summed E-state index contributed by atoms with van der Waals surface area (Å²) in [5.74, 6) is 0.125.